The normalized spacial score (nSPS) is 31.8. The SMILES string of the molecule is Cc1ccc(C(=O)NC2C(C)(C)[C@@H]3CC[C@@]2(C)C3)cc1S(=O)(=O)N1CCC(O)CC1. The molecule has 3 atom stereocenters. The summed E-state index contributed by atoms with van der Waals surface area (Å²) in [5.41, 5.74) is 1.16. The van der Waals surface area contributed by atoms with Crippen molar-refractivity contribution < 1.29 is 18.3 Å². The zero-order valence-electron chi connectivity index (χ0n) is 18.4. The van der Waals surface area contributed by atoms with Gasteiger partial charge in [-0.25, -0.2) is 8.42 Å². The Kier molecular flexibility index (Phi) is 5.31. The number of nitrogens with zero attached hydrogens (tertiary/aromatic N) is 1. The molecule has 3 aliphatic rings. The second kappa shape index (κ2) is 7.31. The summed E-state index contributed by atoms with van der Waals surface area (Å²) < 4.78 is 27.8. The van der Waals surface area contributed by atoms with Gasteiger partial charge in [0.15, 0.2) is 0 Å². The number of amides is 1. The molecule has 2 saturated carbocycles. The molecule has 2 aliphatic carbocycles. The van der Waals surface area contributed by atoms with Crippen molar-refractivity contribution in [3.63, 3.8) is 0 Å². The molecule has 3 fully saturated rings. The van der Waals surface area contributed by atoms with E-state index >= 15 is 0 Å². The smallest absolute Gasteiger partial charge is 0.251 e. The zero-order valence-corrected chi connectivity index (χ0v) is 19.3. The number of fused-ring (bicyclic) bond motifs is 2. The first-order chi connectivity index (χ1) is 13.9. The van der Waals surface area contributed by atoms with Crippen molar-refractivity contribution in [2.75, 3.05) is 13.1 Å². The fourth-order valence-corrected chi connectivity index (χ4v) is 7.84. The van der Waals surface area contributed by atoms with Crippen LogP contribution in [0, 0.1) is 23.7 Å². The number of benzene rings is 1. The Morgan fingerprint density at radius 3 is 2.43 bits per heavy atom. The first-order valence-corrected chi connectivity index (χ1v) is 12.5. The summed E-state index contributed by atoms with van der Waals surface area (Å²) in [6.45, 7) is 9.10. The van der Waals surface area contributed by atoms with Crippen LogP contribution in [-0.2, 0) is 10.0 Å². The molecule has 4 rings (SSSR count). The van der Waals surface area contributed by atoms with E-state index in [2.05, 4.69) is 26.1 Å². The summed E-state index contributed by atoms with van der Waals surface area (Å²) >= 11 is 0. The Balaban J connectivity index is 1.58. The van der Waals surface area contributed by atoms with Crippen LogP contribution in [0.2, 0.25) is 0 Å². The number of carbonyl (C=O) groups is 1. The van der Waals surface area contributed by atoms with Crippen LogP contribution in [0.1, 0.15) is 68.8 Å². The fourth-order valence-electron chi connectivity index (χ4n) is 6.12. The molecular formula is C23H34N2O4S. The largest absolute Gasteiger partial charge is 0.393 e. The predicted molar refractivity (Wildman–Crippen MR) is 116 cm³/mol. The van der Waals surface area contributed by atoms with Crippen LogP contribution >= 0.6 is 0 Å². The van der Waals surface area contributed by atoms with E-state index in [9.17, 15) is 18.3 Å². The summed E-state index contributed by atoms with van der Waals surface area (Å²) in [4.78, 5) is 13.3. The number of rotatable bonds is 4. The van der Waals surface area contributed by atoms with Gasteiger partial charge in [0, 0.05) is 24.7 Å². The van der Waals surface area contributed by atoms with Gasteiger partial charge in [0.2, 0.25) is 10.0 Å². The molecule has 166 valence electrons. The molecule has 1 unspecified atom stereocenters. The van der Waals surface area contributed by atoms with Crippen molar-refractivity contribution in [3.05, 3.63) is 29.3 Å². The molecule has 1 aromatic carbocycles. The summed E-state index contributed by atoms with van der Waals surface area (Å²) in [7, 11) is -3.70. The molecule has 0 aromatic heterocycles. The third-order valence-electron chi connectivity index (χ3n) is 8.04. The van der Waals surface area contributed by atoms with Gasteiger partial charge in [-0.3, -0.25) is 4.79 Å². The quantitative estimate of drug-likeness (QED) is 0.762. The van der Waals surface area contributed by atoms with Crippen LogP contribution in [0.4, 0.5) is 0 Å². The highest BCUT2D eigenvalue weighted by molar-refractivity contribution is 7.89. The van der Waals surface area contributed by atoms with Crippen molar-refractivity contribution in [2.24, 2.45) is 16.7 Å². The average Bonchev–Trinajstić information content (AvgIpc) is 3.16. The van der Waals surface area contributed by atoms with Gasteiger partial charge in [-0.2, -0.15) is 4.31 Å². The van der Waals surface area contributed by atoms with Gasteiger partial charge < -0.3 is 10.4 Å². The number of aryl methyl sites for hydroxylation is 1. The van der Waals surface area contributed by atoms with E-state index in [1.807, 2.05) is 0 Å². The van der Waals surface area contributed by atoms with Crippen LogP contribution in [0.25, 0.3) is 0 Å². The van der Waals surface area contributed by atoms with Crippen LogP contribution in [-0.4, -0.2) is 49.0 Å². The third-order valence-corrected chi connectivity index (χ3v) is 10.1. The lowest BCUT2D eigenvalue weighted by Crippen LogP contribution is -2.52. The van der Waals surface area contributed by atoms with Crippen LogP contribution < -0.4 is 5.32 Å². The van der Waals surface area contributed by atoms with Gasteiger partial charge in [0.05, 0.1) is 11.0 Å². The van der Waals surface area contributed by atoms with Gasteiger partial charge in [-0.1, -0.05) is 26.8 Å². The molecule has 1 amide bonds. The Bertz CT molecular complexity index is 945. The van der Waals surface area contributed by atoms with E-state index in [1.54, 1.807) is 19.1 Å². The summed E-state index contributed by atoms with van der Waals surface area (Å²) in [6, 6.07) is 5.04. The molecular weight excluding hydrogens is 400 g/mol. The Labute approximate surface area is 180 Å². The second-order valence-corrected chi connectivity index (χ2v) is 12.3. The first-order valence-electron chi connectivity index (χ1n) is 11.0. The summed E-state index contributed by atoms with van der Waals surface area (Å²) in [5, 5.41) is 13.0. The standard InChI is InChI=1S/C23H34N2O4S/c1-15-5-6-16(13-19(15)30(28,29)25-11-8-18(26)9-12-25)20(27)24-21-22(2,3)17-7-10-23(21,4)14-17/h5-6,13,17-18,21,26H,7-12,14H2,1-4H3,(H,24,27)/t17-,21?,23+/m1/s1. The number of aliphatic hydroxyl groups is 1. The van der Waals surface area contributed by atoms with Crippen molar-refractivity contribution in [1.82, 2.24) is 9.62 Å². The highest BCUT2D eigenvalue weighted by atomic mass is 32.2. The zero-order chi connectivity index (χ0) is 21.9. The molecule has 2 bridgehead atoms. The number of aliphatic hydroxyl groups excluding tert-OH is 1. The minimum absolute atomic E-state index is 0.0386. The Hall–Kier alpha value is -1.44. The number of hydrogen-bond acceptors (Lipinski definition) is 4. The van der Waals surface area contributed by atoms with E-state index < -0.39 is 16.1 Å². The number of hydrogen-bond donors (Lipinski definition) is 2. The Morgan fingerprint density at radius 1 is 1.17 bits per heavy atom. The number of sulfonamides is 1. The Morgan fingerprint density at radius 2 is 1.83 bits per heavy atom. The number of carbonyl (C=O) groups excluding carboxylic acids is 1. The minimum Gasteiger partial charge on any atom is -0.393 e. The van der Waals surface area contributed by atoms with Crippen molar-refractivity contribution in [3.8, 4) is 0 Å². The van der Waals surface area contributed by atoms with E-state index in [0.29, 0.717) is 43.0 Å². The maximum atomic E-state index is 13.2. The fraction of sp³-hybridized carbons (Fsp3) is 0.696. The lowest BCUT2D eigenvalue weighted by Gasteiger charge is -2.43. The lowest BCUT2D eigenvalue weighted by molar-refractivity contribution is 0.0737. The van der Waals surface area contributed by atoms with Gasteiger partial charge >= 0.3 is 0 Å². The number of nitrogens with one attached hydrogen (secondary N) is 1. The predicted octanol–water partition coefficient (Wildman–Crippen LogP) is 3.09. The summed E-state index contributed by atoms with van der Waals surface area (Å²) in [6.07, 6.45) is 3.91. The minimum atomic E-state index is -3.70. The van der Waals surface area contributed by atoms with E-state index in [0.717, 1.165) is 12.8 Å². The molecule has 6 nitrogen and oxygen atoms in total. The molecule has 0 radical (unpaired) electrons. The molecule has 1 saturated heterocycles. The molecule has 2 N–H and O–H groups in total. The summed E-state index contributed by atoms with van der Waals surface area (Å²) in [5.74, 6) is 0.420. The van der Waals surface area contributed by atoms with Crippen molar-refractivity contribution >= 4 is 15.9 Å². The monoisotopic (exact) mass is 434 g/mol. The van der Waals surface area contributed by atoms with Crippen molar-refractivity contribution in [2.45, 2.75) is 76.8 Å². The second-order valence-electron chi connectivity index (χ2n) is 10.4. The highest BCUT2D eigenvalue weighted by Gasteiger charge is 2.59. The van der Waals surface area contributed by atoms with Crippen LogP contribution in [0.5, 0.6) is 0 Å². The third kappa shape index (κ3) is 3.49. The van der Waals surface area contributed by atoms with Gasteiger partial charge in [-0.15, -0.1) is 0 Å². The molecule has 0 spiro atoms. The van der Waals surface area contributed by atoms with E-state index in [1.165, 1.54) is 16.8 Å². The average molecular weight is 435 g/mol. The molecule has 1 heterocycles. The van der Waals surface area contributed by atoms with Gasteiger partial charge in [0.1, 0.15) is 0 Å². The van der Waals surface area contributed by atoms with E-state index in [-0.39, 0.29) is 27.7 Å². The van der Waals surface area contributed by atoms with Crippen LogP contribution in [0.15, 0.2) is 23.1 Å². The first kappa shape index (κ1) is 21.8. The molecule has 1 aromatic rings. The van der Waals surface area contributed by atoms with Gasteiger partial charge in [0.25, 0.3) is 5.91 Å². The molecule has 1 aliphatic heterocycles. The maximum Gasteiger partial charge on any atom is 0.251 e. The highest BCUT2D eigenvalue weighted by Crippen LogP contribution is 2.62. The lowest BCUT2D eigenvalue weighted by atomic mass is 9.68. The van der Waals surface area contributed by atoms with E-state index in [4.69, 9.17) is 0 Å². The van der Waals surface area contributed by atoms with Gasteiger partial charge in [-0.05, 0) is 73.5 Å². The maximum absolute atomic E-state index is 13.2. The van der Waals surface area contributed by atoms with Crippen LogP contribution in [0.3, 0.4) is 0 Å². The topological polar surface area (TPSA) is 86.7 Å². The number of piperidine rings is 1. The molecule has 7 heteroatoms. The molecule has 30 heavy (non-hydrogen) atoms. The van der Waals surface area contributed by atoms with Crippen molar-refractivity contribution in [1.29, 1.82) is 0 Å².